The quantitative estimate of drug-likeness (QED) is 0.0474. The van der Waals surface area contributed by atoms with Crippen LogP contribution in [0, 0.1) is 0 Å². The molecule has 0 saturated heterocycles. The van der Waals surface area contributed by atoms with Crippen molar-refractivity contribution in [3.63, 3.8) is 0 Å². The maximum atomic E-state index is 11.7. The number of aliphatic carboxylic acids is 1. The molecule has 0 amide bonds. The van der Waals surface area contributed by atoms with E-state index in [2.05, 4.69) is 16.0 Å². The number of carbonyl (C=O) groups is 1. The van der Waals surface area contributed by atoms with Gasteiger partial charge < -0.3 is 30.3 Å². The number of aliphatic hydroxyl groups excluding tert-OH is 1. The van der Waals surface area contributed by atoms with Crippen molar-refractivity contribution < 1.29 is 43.0 Å². The Morgan fingerprint density at radius 3 is 1.54 bits per heavy atom. The number of carboxylic acid groups (broad SMARTS) is 1. The molecule has 0 aromatic rings. The topological polar surface area (TPSA) is 158 Å². The summed E-state index contributed by atoms with van der Waals surface area (Å²) in [6.45, 7) is 1.27. The van der Waals surface area contributed by atoms with Crippen LogP contribution in [0.25, 0.3) is 0 Å². The summed E-state index contributed by atoms with van der Waals surface area (Å²) < 4.78 is 31.8. The van der Waals surface area contributed by atoms with Gasteiger partial charge in [0.05, 0.1) is 32.5 Å². The van der Waals surface area contributed by atoms with E-state index < -0.39 is 39.2 Å². The lowest BCUT2D eigenvalue weighted by molar-refractivity contribution is -0.139. The number of ether oxygens (including phenoxy) is 2. The van der Waals surface area contributed by atoms with Crippen LogP contribution in [-0.2, 0) is 27.9 Å². The van der Waals surface area contributed by atoms with Crippen molar-refractivity contribution in [2.75, 3.05) is 33.5 Å². The van der Waals surface area contributed by atoms with Gasteiger partial charge >= 0.3 is 13.8 Å². The summed E-state index contributed by atoms with van der Waals surface area (Å²) in [7, 11) is -2.90. The number of phosphoric acid groups is 1. The average molecular weight is 612 g/mol. The molecular weight excluding hydrogens is 549 g/mol. The monoisotopic (exact) mass is 611 g/mol. The van der Waals surface area contributed by atoms with E-state index in [1.807, 2.05) is 0 Å². The van der Waals surface area contributed by atoms with Crippen LogP contribution in [-0.4, -0.2) is 72.9 Å². The van der Waals surface area contributed by atoms with Crippen LogP contribution in [0.5, 0.6) is 0 Å². The molecule has 0 spiro atoms. The standard InChI is InChI=1S/C30H62NO9P/c1-3-4-5-6-7-8-9-10-11-12-13-14-15-16-17-18-19-20-21-22-28(37-2)25-38-23-27(32)24-39-41(35,36)40-26-29(31)30(33)34/h27-29,32H,3-26,31H2,1-2H3,(H,33,34)(H,35,36)/t27-,28?,29+/m1/s1. The predicted molar refractivity (Wildman–Crippen MR) is 163 cm³/mol. The molecule has 0 aliphatic rings. The van der Waals surface area contributed by atoms with Crippen LogP contribution in [0.3, 0.4) is 0 Å². The van der Waals surface area contributed by atoms with E-state index in [0.29, 0.717) is 6.61 Å². The summed E-state index contributed by atoms with van der Waals surface area (Å²) in [5, 5.41) is 18.6. The van der Waals surface area contributed by atoms with Crippen LogP contribution >= 0.6 is 7.82 Å². The second-order valence-corrected chi connectivity index (χ2v) is 12.7. The number of rotatable bonds is 32. The van der Waals surface area contributed by atoms with Crippen molar-refractivity contribution >= 4 is 13.8 Å². The van der Waals surface area contributed by atoms with Crippen molar-refractivity contribution in [2.24, 2.45) is 5.73 Å². The Hall–Kier alpha value is -0.580. The van der Waals surface area contributed by atoms with Crippen LogP contribution in [0.15, 0.2) is 0 Å². The van der Waals surface area contributed by atoms with Gasteiger partial charge in [0.2, 0.25) is 0 Å². The molecule has 0 aliphatic heterocycles. The smallest absolute Gasteiger partial charge is 0.472 e. The molecule has 2 unspecified atom stereocenters. The van der Waals surface area contributed by atoms with Crippen molar-refractivity contribution in [3.05, 3.63) is 0 Å². The molecule has 0 bridgehead atoms. The highest BCUT2D eigenvalue weighted by atomic mass is 31.2. The first-order valence-corrected chi connectivity index (χ1v) is 17.6. The van der Waals surface area contributed by atoms with Crippen LogP contribution in [0.4, 0.5) is 0 Å². The highest BCUT2D eigenvalue weighted by molar-refractivity contribution is 7.47. The highest BCUT2D eigenvalue weighted by Gasteiger charge is 2.25. The normalized spacial score (nSPS) is 15.4. The third-order valence-electron chi connectivity index (χ3n) is 7.24. The van der Waals surface area contributed by atoms with E-state index in [0.717, 1.165) is 19.3 Å². The Morgan fingerprint density at radius 2 is 1.12 bits per heavy atom. The van der Waals surface area contributed by atoms with Crippen LogP contribution in [0.1, 0.15) is 135 Å². The highest BCUT2D eigenvalue weighted by Crippen LogP contribution is 2.43. The molecule has 0 saturated carbocycles. The molecule has 11 heteroatoms. The number of aliphatic hydroxyl groups is 1. The first-order chi connectivity index (χ1) is 19.7. The van der Waals surface area contributed by atoms with E-state index in [4.69, 9.17) is 20.3 Å². The molecule has 41 heavy (non-hydrogen) atoms. The number of unbranched alkanes of at least 4 members (excludes halogenated alkanes) is 18. The maximum absolute atomic E-state index is 11.7. The van der Waals surface area contributed by atoms with Crippen LogP contribution in [0.2, 0.25) is 0 Å². The van der Waals surface area contributed by atoms with E-state index >= 15 is 0 Å². The molecule has 0 heterocycles. The average Bonchev–Trinajstić information content (AvgIpc) is 2.95. The van der Waals surface area contributed by atoms with Crippen molar-refractivity contribution in [1.29, 1.82) is 0 Å². The lowest BCUT2D eigenvalue weighted by atomic mass is 10.0. The zero-order valence-corrected chi connectivity index (χ0v) is 26.9. The van der Waals surface area contributed by atoms with Crippen molar-refractivity contribution in [1.82, 2.24) is 0 Å². The number of methoxy groups -OCH3 is 1. The molecule has 0 aromatic carbocycles. The van der Waals surface area contributed by atoms with E-state index in [-0.39, 0.29) is 12.7 Å². The fourth-order valence-corrected chi connectivity index (χ4v) is 5.35. The van der Waals surface area contributed by atoms with Gasteiger partial charge in [0.1, 0.15) is 12.1 Å². The summed E-state index contributed by atoms with van der Waals surface area (Å²) in [4.78, 5) is 20.1. The molecule has 0 rings (SSSR count). The number of hydrogen-bond donors (Lipinski definition) is 4. The second-order valence-electron chi connectivity index (χ2n) is 11.2. The zero-order chi connectivity index (χ0) is 30.6. The molecule has 0 radical (unpaired) electrons. The van der Waals surface area contributed by atoms with Gasteiger partial charge in [-0.25, -0.2) is 4.57 Å². The summed E-state index contributed by atoms with van der Waals surface area (Å²) in [6, 6.07) is -1.45. The second kappa shape index (κ2) is 28.2. The maximum Gasteiger partial charge on any atom is 0.472 e. The van der Waals surface area contributed by atoms with Gasteiger partial charge in [0, 0.05) is 7.11 Å². The van der Waals surface area contributed by atoms with E-state index in [9.17, 15) is 19.4 Å². The van der Waals surface area contributed by atoms with Gasteiger partial charge in [-0.05, 0) is 6.42 Å². The number of hydrogen-bond acceptors (Lipinski definition) is 8. The van der Waals surface area contributed by atoms with Gasteiger partial charge in [-0.3, -0.25) is 13.8 Å². The minimum Gasteiger partial charge on any atom is -0.480 e. The summed E-state index contributed by atoms with van der Waals surface area (Å²) in [5.41, 5.74) is 5.21. The van der Waals surface area contributed by atoms with Gasteiger partial charge in [-0.2, -0.15) is 0 Å². The molecule has 5 N–H and O–H groups in total. The minimum absolute atomic E-state index is 0.0845. The molecule has 246 valence electrons. The van der Waals surface area contributed by atoms with Gasteiger partial charge in [-0.1, -0.05) is 129 Å². The van der Waals surface area contributed by atoms with Crippen molar-refractivity contribution in [2.45, 2.75) is 154 Å². The Balaban J connectivity index is 3.56. The first kappa shape index (κ1) is 40.4. The third-order valence-corrected chi connectivity index (χ3v) is 8.19. The van der Waals surface area contributed by atoms with E-state index in [1.165, 1.54) is 109 Å². The Kier molecular flexibility index (Phi) is 27.8. The van der Waals surface area contributed by atoms with Gasteiger partial charge in [0.15, 0.2) is 0 Å². The van der Waals surface area contributed by atoms with Crippen LogP contribution < -0.4 is 5.73 Å². The summed E-state index contributed by atoms with van der Waals surface area (Å²) in [6.07, 6.45) is 25.2. The molecule has 0 aromatic heterocycles. The third kappa shape index (κ3) is 28.0. The lowest BCUT2D eigenvalue weighted by Gasteiger charge is -2.18. The molecule has 0 fully saturated rings. The molecule has 4 atom stereocenters. The first-order valence-electron chi connectivity index (χ1n) is 16.1. The Bertz CT molecular complexity index is 641. The Morgan fingerprint density at radius 1 is 0.707 bits per heavy atom. The number of phosphoric ester groups is 1. The minimum atomic E-state index is -4.52. The molecular formula is C30H62NO9P. The summed E-state index contributed by atoms with van der Waals surface area (Å²) in [5.74, 6) is -1.37. The van der Waals surface area contributed by atoms with Gasteiger partial charge in [-0.15, -0.1) is 0 Å². The van der Waals surface area contributed by atoms with Gasteiger partial charge in [0.25, 0.3) is 0 Å². The summed E-state index contributed by atoms with van der Waals surface area (Å²) >= 11 is 0. The fraction of sp³-hybridized carbons (Fsp3) is 0.967. The number of carboxylic acids is 1. The molecule has 0 aliphatic carbocycles. The fourth-order valence-electron chi connectivity index (χ4n) is 4.57. The van der Waals surface area contributed by atoms with E-state index in [1.54, 1.807) is 7.11 Å². The SMILES string of the molecule is CCCCCCCCCCCCCCCCCCCCCC(COC[C@@H](O)COP(=O)(O)OC[C@H](N)C(=O)O)OC. The predicted octanol–water partition coefficient (Wildman–Crippen LogP) is 6.75. The number of nitrogens with two attached hydrogens (primary N) is 1. The van der Waals surface area contributed by atoms with Crippen molar-refractivity contribution in [3.8, 4) is 0 Å². The lowest BCUT2D eigenvalue weighted by Crippen LogP contribution is -2.34. The zero-order valence-electron chi connectivity index (χ0n) is 26.0. The Labute approximate surface area is 249 Å². The largest absolute Gasteiger partial charge is 0.480 e. The molecule has 10 nitrogen and oxygen atoms in total.